The lowest BCUT2D eigenvalue weighted by molar-refractivity contribution is 0.0696. The molecule has 1 saturated heterocycles. The number of aromatic nitrogens is 1. The maximum atomic E-state index is 11.4. The third-order valence-electron chi connectivity index (χ3n) is 5.11. The van der Waals surface area contributed by atoms with Crippen LogP contribution in [0.2, 0.25) is 5.15 Å². The van der Waals surface area contributed by atoms with Gasteiger partial charge in [-0.15, -0.1) is 0 Å². The van der Waals surface area contributed by atoms with Crippen LogP contribution in [-0.4, -0.2) is 29.1 Å². The van der Waals surface area contributed by atoms with Crippen molar-refractivity contribution < 1.29 is 9.90 Å². The monoisotopic (exact) mass is 308 g/mol. The molecule has 0 radical (unpaired) electrons. The minimum atomic E-state index is -0.938. The smallest absolute Gasteiger partial charge is 0.339 e. The van der Waals surface area contributed by atoms with Gasteiger partial charge in [-0.25, -0.2) is 9.78 Å². The Morgan fingerprint density at radius 3 is 2.43 bits per heavy atom. The Balaban J connectivity index is 1.77. The number of nitrogens with zero attached hydrogens (tertiary/aromatic N) is 2. The fourth-order valence-electron chi connectivity index (χ4n) is 3.83. The summed E-state index contributed by atoms with van der Waals surface area (Å²) in [5, 5.41) is 9.67. The summed E-state index contributed by atoms with van der Waals surface area (Å²) in [5.41, 5.74) is 0.746. The van der Waals surface area contributed by atoms with Crippen molar-refractivity contribution in [3.8, 4) is 0 Å². The van der Waals surface area contributed by atoms with E-state index < -0.39 is 5.97 Å². The zero-order valence-corrected chi connectivity index (χ0v) is 12.9. The Kier molecular flexibility index (Phi) is 4.07. The van der Waals surface area contributed by atoms with E-state index >= 15 is 0 Å². The van der Waals surface area contributed by atoms with Crippen molar-refractivity contribution in [2.75, 3.05) is 18.0 Å². The Hall–Kier alpha value is -1.29. The van der Waals surface area contributed by atoms with Gasteiger partial charge >= 0.3 is 5.97 Å². The summed E-state index contributed by atoms with van der Waals surface area (Å²) in [6, 6.07) is 3.10. The van der Waals surface area contributed by atoms with Gasteiger partial charge in [-0.3, -0.25) is 0 Å². The van der Waals surface area contributed by atoms with Crippen LogP contribution in [0.15, 0.2) is 12.1 Å². The van der Waals surface area contributed by atoms with E-state index in [1.54, 1.807) is 12.1 Å². The summed E-state index contributed by atoms with van der Waals surface area (Å²) < 4.78 is 0. The molecule has 1 aliphatic heterocycles. The predicted molar refractivity (Wildman–Crippen MR) is 83.2 cm³/mol. The second kappa shape index (κ2) is 5.84. The van der Waals surface area contributed by atoms with E-state index in [-0.39, 0.29) is 5.56 Å². The number of pyridine rings is 1. The predicted octanol–water partition coefficient (Wildman–Crippen LogP) is 3.98. The van der Waals surface area contributed by atoms with E-state index in [2.05, 4.69) is 9.88 Å². The number of rotatable bonds is 2. The highest BCUT2D eigenvalue weighted by Gasteiger charge is 2.36. The second-order valence-corrected chi connectivity index (χ2v) is 6.75. The van der Waals surface area contributed by atoms with Crippen LogP contribution < -0.4 is 4.90 Å². The maximum Gasteiger partial charge on any atom is 0.339 e. The first kappa shape index (κ1) is 14.6. The van der Waals surface area contributed by atoms with Gasteiger partial charge in [0.15, 0.2) is 0 Å². The van der Waals surface area contributed by atoms with Crippen molar-refractivity contribution in [3.05, 3.63) is 22.8 Å². The molecule has 4 nitrogen and oxygen atoms in total. The molecule has 2 heterocycles. The number of piperidine rings is 1. The van der Waals surface area contributed by atoms with Gasteiger partial charge in [-0.1, -0.05) is 30.9 Å². The topological polar surface area (TPSA) is 53.4 Å². The number of halogens is 1. The standard InChI is InChI=1S/C16H21ClN2O2/c17-13-5-4-12(15(20)21)14(18-13)19-10-8-16(9-11-19)6-2-1-3-7-16/h4-5H,1-3,6-11H2,(H,20,21). The van der Waals surface area contributed by atoms with Gasteiger partial charge in [0.2, 0.25) is 0 Å². The highest BCUT2D eigenvalue weighted by Crippen LogP contribution is 2.45. The van der Waals surface area contributed by atoms with Gasteiger partial charge in [0.25, 0.3) is 0 Å². The van der Waals surface area contributed by atoms with Crippen LogP contribution in [-0.2, 0) is 0 Å². The Morgan fingerprint density at radius 2 is 1.81 bits per heavy atom. The summed E-state index contributed by atoms with van der Waals surface area (Å²) in [6.07, 6.45) is 8.99. The fourth-order valence-corrected chi connectivity index (χ4v) is 3.97. The third-order valence-corrected chi connectivity index (χ3v) is 5.32. The Labute approximate surface area is 130 Å². The van der Waals surface area contributed by atoms with E-state index in [9.17, 15) is 9.90 Å². The summed E-state index contributed by atoms with van der Waals surface area (Å²) in [7, 11) is 0. The van der Waals surface area contributed by atoms with E-state index in [1.807, 2.05) is 0 Å². The van der Waals surface area contributed by atoms with Crippen LogP contribution in [0.4, 0.5) is 5.82 Å². The van der Waals surface area contributed by atoms with Crippen LogP contribution >= 0.6 is 11.6 Å². The van der Waals surface area contributed by atoms with Crippen molar-refractivity contribution in [2.24, 2.45) is 5.41 Å². The zero-order chi connectivity index (χ0) is 14.9. The number of hydrogen-bond donors (Lipinski definition) is 1. The van der Waals surface area contributed by atoms with Gasteiger partial charge in [0.1, 0.15) is 16.5 Å². The molecule has 0 aromatic carbocycles. The normalized spacial score (nSPS) is 21.5. The van der Waals surface area contributed by atoms with Crippen molar-refractivity contribution in [1.82, 2.24) is 4.98 Å². The lowest BCUT2D eigenvalue weighted by Gasteiger charge is -2.44. The largest absolute Gasteiger partial charge is 0.478 e. The van der Waals surface area contributed by atoms with E-state index in [0.29, 0.717) is 16.4 Å². The minimum absolute atomic E-state index is 0.249. The van der Waals surface area contributed by atoms with E-state index in [1.165, 1.54) is 32.1 Å². The Bertz CT molecular complexity index is 531. The summed E-state index contributed by atoms with van der Waals surface area (Å²) in [5.74, 6) is -0.409. The highest BCUT2D eigenvalue weighted by atomic mass is 35.5. The number of aromatic carboxylic acids is 1. The molecule has 2 aliphatic rings. The number of carbonyl (C=O) groups is 1. The van der Waals surface area contributed by atoms with Crippen LogP contribution in [0.3, 0.4) is 0 Å². The molecule has 1 spiro atoms. The summed E-state index contributed by atoms with van der Waals surface area (Å²) >= 11 is 5.95. The van der Waals surface area contributed by atoms with Crippen LogP contribution in [0.25, 0.3) is 0 Å². The van der Waals surface area contributed by atoms with Crippen LogP contribution in [0.1, 0.15) is 55.3 Å². The minimum Gasteiger partial charge on any atom is -0.478 e. The molecule has 0 unspecified atom stereocenters. The molecule has 1 N–H and O–H groups in total. The average Bonchev–Trinajstić information content (AvgIpc) is 2.48. The van der Waals surface area contributed by atoms with Crippen molar-refractivity contribution in [2.45, 2.75) is 44.9 Å². The first-order valence-electron chi connectivity index (χ1n) is 7.74. The first-order valence-corrected chi connectivity index (χ1v) is 8.12. The van der Waals surface area contributed by atoms with Gasteiger partial charge in [-0.05, 0) is 43.2 Å². The van der Waals surface area contributed by atoms with Gasteiger partial charge in [0, 0.05) is 13.1 Å². The van der Waals surface area contributed by atoms with E-state index in [0.717, 1.165) is 25.9 Å². The fraction of sp³-hybridized carbons (Fsp3) is 0.625. The van der Waals surface area contributed by atoms with Crippen molar-refractivity contribution >= 4 is 23.4 Å². The molecule has 0 amide bonds. The van der Waals surface area contributed by atoms with Gasteiger partial charge in [0.05, 0.1) is 0 Å². The highest BCUT2D eigenvalue weighted by molar-refractivity contribution is 6.29. The molecule has 0 bridgehead atoms. The summed E-state index contributed by atoms with van der Waals surface area (Å²) in [6.45, 7) is 1.77. The van der Waals surface area contributed by atoms with Crippen molar-refractivity contribution in [3.63, 3.8) is 0 Å². The third kappa shape index (κ3) is 3.00. The zero-order valence-electron chi connectivity index (χ0n) is 12.1. The molecule has 1 aromatic heterocycles. The molecular formula is C16H21ClN2O2. The molecule has 1 saturated carbocycles. The first-order chi connectivity index (χ1) is 10.1. The van der Waals surface area contributed by atoms with E-state index in [4.69, 9.17) is 11.6 Å². The molecule has 5 heteroatoms. The molecule has 21 heavy (non-hydrogen) atoms. The molecular weight excluding hydrogens is 288 g/mol. The van der Waals surface area contributed by atoms with Gasteiger partial charge < -0.3 is 10.0 Å². The molecule has 2 fully saturated rings. The summed E-state index contributed by atoms with van der Waals surface area (Å²) in [4.78, 5) is 17.7. The number of carboxylic acid groups (broad SMARTS) is 1. The van der Waals surface area contributed by atoms with Crippen LogP contribution in [0, 0.1) is 5.41 Å². The Morgan fingerprint density at radius 1 is 1.14 bits per heavy atom. The number of anilines is 1. The quantitative estimate of drug-likeness (QED) is 0.840. The molecule has 1 aromatic rings. The molecule has 114 valence electrons. The van der Waals surface area contributed by atoms with Crippen molar-refractivity contribution in [1.29, 1.82) is 0 Å². The lowest BCUT2D eigenvalue weighted by Crippen LogP contribution is -2.42. The SMILES string of the molecule is O=C(O)c1ccc(Cl)nc1N1CCC2(CCCCC2)CC1. The van der Waals surface area contributed by atoms with Crippen LogP contribution in [0.5, 0.6) is 0 Å². The maximum absolute atomic E-state index is 11.4. The number of carboxylic acids is 1. The number of hydrogen-bond acceptors (Lipinski definition) is 3. The molecule has 3 rings (SSSR count). The molecule has 1 aliphatic carbocycles. The average molecular weight is 309 g/mol. The lowest BCUT2D eigenvalue weighted by atomic mass is 9.68. The molecule has 0 atom stereocenters. The second-order valence-electron chi connectivity index (χ2n) is 6.36. The van der Waals surface area contributed by atoms with Gasteiger partial charge in [-0.2, -0.15) is 0 Å².